The Kier molecular flexibility index (Phi) is 3.54. The Hall–Kier alpha value is -3.13. The van der Waals surface area contributed by atoms with Crippen molar-refractivity contribution in [3.8, 4) is 11.4 Å². The first-order valence-corrected chi connectivity index (χ1v) is 9.02. The van der Waals surface area contributed by atoms with Gasteiger partial charge in [-0.2, -0.15) is 5.10 Å². The normalized spacial score (nSPS) is 17.2. The van der Waals surface area contributed by atoms with E-state index in [1.807, 2.05) is 32.2 Å². The minimum absolute atomic E-state index is 0.0439. The Morgan fingerprint density at radius 1 is 1.19 bits per heavy atom. The highest BCUT2D eigenvalue weighted by Gasteiger charge is 2.19. The topological polar surface area (TPSA) is 90.0 Å². The molecule has 4 aromatic rings. The molecule has 136 valence electrons. The Morgan fingerprint density at radius 2 is 2.07 bits per heavy atom. The summed E-state index contributed by atoms with van der Waals surface area (Å²) < 4.78 is 3.48. The van der Waals surface area contributed by atoms with E-state index in [1.165, 1.54) is 0 Å². The quantitative estimate of drug-likeness (QED) is 0.584. The zero-order chi connectivity index (χ0) is 18.5. The SMILES string of the molecule is Cc1cn2nc(-c3cc4ncn(C5CCNC5)c(=O)c4cn3)cc(C)c2n1. The fraction of sp³-hybridized carbons (Fsp3) is 0.316. The highest BCUT2D eigenvalue weighted by molar-refractivity contribution is 5.80. The van der Waals surface area contributed by atoms with Crippen LogP contribution in [-0.2, 0) is 0 Å². The van der Waals surface area contributed by atoms with Crippen molar-refractivity contribution in [1.29, 1.82) is 0 Å². The van der Waals surface area contributed by atoms with Gasteiger partial charge in [-0.1, -0.05) is 0 Å². The van der Waals surface area contributed by atoms with Crippen LogP contribution < -0.4 is 10.9 Å². The van der Waals surface area contributed by atoms with Gasteiger partial charge in [-0.25, -0.2) is 14.5 Å². The molecule has 0 spiro atoms. The van der Waals surface area contributed by atoms with E-state index in [4.69, 9.17) is 0 Å². The number of pyridine rings is 1. The molecule has 8 nitrogen and oxygen atoms in total. The lowest BCUT2D eigenvalue weighted by Gasteiger charge is -2.12. The second-order valence-electron chi connectivity index (χ2n) is 7.05. The van der Waals surface area contributed by atoms with Gasteiger partial charge in [-0.15, -0.1) is 0 Å². The van der Waals surface area contributed by atoms with Crippen molar-refractivity contribution in [1.82, 2.24) is 34.4 Å². The van der Waals surface area contributed by atoms with Crippen LogP contribution in [0.15, 0.2) is 35.6 Å². The molecule has 4 aromatic heterocycles. The van der Waals surface area contributed by atoms with E-state index < -0.39 is 0 Å². The zero-order valence-electron chi connectivity index (χ0n) is 15.2. The van der Waals surface area contributed by atoms with Gasteiger partial charge in [0.05, 0.1) is 40.9 Å². The number of aromatic nitrogens is 6. The minimum atomic E-state index is -0.0439. The summed E-state index contributed by atoms with van der Waals surface area (Å²) in [6.07, 6.45) is 6.08. The van der Waals surface area contributed by atoms with E-state index in [9.17, 15) is 4.79 Å². The smallest absolute Gasteiger partial charge is 0.263 e. The summed E-state index contributed by atoms with van der Waals surface area (Å²) in [6, 6.07) is 3.94. The van der Waals surface area contributed by atoms with Gasteiger partial charge in [-0.05, 0) is 44.5 Å². The van der Waals surface area contributed by atoms with Crippen molar-refractivity contribution in [2.75, 3.05) is 13.1 Å². The van der Waals surface area contributed by atoms with Gasteiger partial charge in [0, 0.05) is 12.7 Å². The molecule has 1 fully saturated rings. The van der Waals surface area contributed by atoms with Crippen LogP contribution in [0.2, 0.25) is 0 Å². The predicted molar refractivity (Wildman–Crippen MR) is 102 cm³/mol. The van der Waals surface area contributed by atoms with Gasteiger partial charge in [0.1, 0.15) is 5.69 Å². The maximum absolute atomic E-state index is 12.8. The van der Waals surface area contributed by atoms with E-state index in [2.05, 4.69) is 25.4 Å². The summed E-state index contributed by atoms with van der Waals surface area (Å²) in [5, 5.41) is 8.42. The molecule has 1 aliphatic rings. The molecule has 8 heteroatoms. The lowest BCUT2D eigenvalue weighted by atomic mass is 10.2. The van der Waals surface area contributed by atoms with E-state index in [0.717, 1.165) is 42.1 Å². The van der Waals surface area contributed by atoms with Gasteiger partial charge < -0.3 is 5.32 Å². The zero-order valence-corrected chi connectivity index (χ0v) is 15.2. The Balaban J connectivity index is 1.62. The lowest BCUT2D eigenvalue weighted by molar-refractivity contribution is 0.525. The van der Waals surface area contributed by atoms with Crippen LogP contribution in [0.4, 0.5) is 0 Å². The van der Waals surface area contributed by atoms with E-state index >= 15 is 0 Å². The molecular weight excluding hydrogens is 342 g/mol. The maximum Gasteiger partial charge on any atom is 0.263 e. The van der Waals surface area contributed by atoms with E-state index in [-0.39, 0.29) is 11.6 Å². The molecule has 0 aliphatic carbocycles. The third-order valence-electron chi connectivity index (χ3n) is 5.09. The second-order valence-corrected chi connectivity index (χ2v) is 7.05. The number of rotatable bonds is 2. The van der Waals surface area contributed by atoms with Crippen LogP contribution in [-0.4, -0.2) is 42.2 Å². The first-order valence-electron chi connectivity index (χ1n) is 9.02. The van der Waals surface area contributed by atoms with Crippen LogP contribution in [0.5, 0.6) is 0 Å². The fourth-order valence-electron chi connectivity index (χ4n) is 3.68. The number of imidazole rings is 1. The third kappa shape index (κ3) is 2.60. The van der Waals surface area contributed by atoms with Gasteiger partial charge in [0.2, 0.25) is 0 Å². The highest BCUT2D eigenvalue weighted by Crippen LogP contribution is 2.21. The van der Waals surface area contributed by atoms with Crippen molar-refractivity contribution < 1.29 is 0 Å². The molecule has 0 saturated carbocycles. The van der Waals surface area contributed by atoms with Crippen LogP contribution in [0.25, 0.3) is 27.9 Å². The summed E-state index contributed by atoms with van der Waals surface area (Å²) in [5.41, 5.74) is 4.77. The average Bonchev–Trinajstić information content (AvgIpc) is 3.31. The predicted octanol–water partition coefficient (Wildman–Crippen LogP) is 1.65. The molecule has 1 unspecified atom stereocenters. The van der Waals surface area contributed by atoms with Gasteiger partial charge in [0.25, 0.3) is 5.56 Å². The molecule has 0 bridgehead atoms. The van der Waals surface area contributed by atoms with Crippen molar-refractivity contribution >= 4 is 16.6 Å². The van der Waals surface area contributed by atoms with Crippen LogP contribution in [0.3, 0.4) is 0 Å². The number of nitrogens with zero attached hydrogens (tertiary/aromatic N) is 6. The molecule has 1 N–H and O–H groups in total. The molecule has 1 saturated heterocycles. The molecule has 1 aliphatic heterocycles. The average molecular weight is 361 g/mol. The largest absolute Gasteiger partial charge is 0.315 e. The highest BCUT2D eigenvalue weighted by atomic mass is 16.1. The Bertz CT molecular complexity index is 1230. The van der Waals surface area contributed by atoms with Crippen molar-refractivity contribution in [3.05, 3.63) is 52.5 Å². The molecule has 0 amide bonds. The number of fused-ring (bicyclic) bond motifs is 2. The van der Waals surface area contributed by atoms with Crippen molar-refractivity contribution in [2.45, 2.75) is 26.3 Å². The molecular formula is C19H19N7O. The number of hydrogen-bond acceptors (Lipinski definition) is 6. The van der Waals surface area contributed by atoms with Gasteiger partial charge >= 0.3 is 0 Å². The Morgan fingerprint density at radius 3 is 2.89 bits per heavy atom. The van der Waals surface area contributed by atoms with Crippen LogP contribution in [0.1, 0.15) is 23.7 Å². The summed E-state index contributed by atoms with van der Waals surface area (Å²) in [6.45, 7) is 5.66. The summed E-state index contributed by atoms with van der Waals surface area (Å²) in [7, 11) is 0. The molecule has 0 aromatic carbocycles. The van der Waals surface area contributed by atoms with Gasteiger partial charge in [-0.3, -0.25) is 14.3 Å². The Labute approximate surface area is 154 Å². The first-order chi connectivity index (χ1) is 13.1. The van der Waals surface area contributed by atoms with Gasteiger partial charge in [0.15, 0.2) is 5.65 Å². The van der Waals surface area contributed by atoms with E-state index in [1.54, 1.807) is 21.6 Å². The number of hydrogen-bond donors (Lipinski definition) is 1. The molecule has 5 heterocycles. The number of aryl methyl sites for hydroxylation is 2. The van der Waals surface area contributed by atoms with Crippen molar-refractivity contribution in [3.63, 3.8) is 0 Å². The molecule has 5 rings (SSSR count). The summed E-state index contributed by atoms with van der Waals surface area (Å²) >= 11 is 0. The minimum Gasteiger partial charge on any atom is -0.315 e. The summed E-state index contributed by atoms with van der Waals surface area (Å²) in [5.74, 6) is 0. The third-order valence-corrected chi connectivity index (χ3v) is 5.09. The maximum atomic E-state index is 12.8. The van der Waals surface area contributed by atoms with Crippen molar-refractivity contribution in [2.24, 2.45) is 0 Å². The standard InChI is InChI=1S/C19H19N7O/c1-11-5-17(24-26-9-12(2)23-18(11)26)16-6-15-14(8-21-16)19(27)25(10-22-15)13-3-4-20-7-13/h5-6,8-10,13,20H,3-4,7H2,1-2H3. The lowest BCUT2D eigenvalue weighted by Crippen LogP contribution is -2.26. The molecule has 1 atom stereocenters. The van der Waals surface area contributed by atoms with Crippen LogP contribution in [0, 0.1) is 13.8 Å². The molecule has 27 heavy (non-hydrogen) atoms. The monoisotopic (exact) mass is 361 g/mol. The van der Waals surface area contributed by atoms with Crippen LogP contribution >= 0.6 is 0 Å². The fourth-order valence-corrected chi connectivity index (χ4v) is 3.68. The van der Waals surface area contributed by atoms with E-state index in [0.29, 0.717) is 16.6 Å². The first kappa shape index (κ1) is 16.1. The summed E-state index contributed by atoms with van der Waals surface area (Å²) in [4.78, 5) is 26.3. The number of nitrogens with one attached hydrogen (secondary N) is 1. The molecule has 0 radical (unpaired) electrons. The second kappa shape index (κ2) is 5.95.